The van der Waals surface area contributed by atoms with E-state index in [1.807, 2.05) is 55.5 Å². The molecule has 0 aromatic heterocycles. The highest BCUT2D eigenvalue weighted by atomic mass is 127. The van der Waals surface area contributed by atoms with Crippen molar-refractivity contribution in [2.24, 2.45) is 3.21 Å². The molecule has 22 heavy (non-hydrogen) atoms. The summed E-state index contributed by atoms with van der Waals surface area (Å²) in [5, 5.41) is 0. The standard InChI is InChI=1S/C17H16INO3/c1-12-7-3-6-10-15(12)22-11-13-8-4-5-9-14(13)16(19-18)17(20)21-2/h3-10H,11H2,1-2H3/b19-16-. The molecule has 0 bridgehead atoms. The summed E-state index contributed by atoms with van der Waals surface area (Å²) in [5.41, 5.74) is 2.95. The molecule has 0 unspecified atom stereocenters. The van der Waals surface area contributed by atoms with Crippen LogP contribution in [0.1, 0.15) is 16.7 Å². The van der Waals surface area contributed by atoms with E-state index in [1.54, 1.807) is 22.9 Å². The van der Waals surface area contributed by atoms with Crippen LogP contribution >= 0.6 is 22.9 Å². The Kier molecular flexibility index (Phi) is 5.94. The molecular weight excluding hydrogens is 393 g/mol. The summed E-state index contributed by atoms with van der Waals surface area (Å²) in [7, 11) is 1.34. The Labute approximate surface area is 143 Å². The van der Waals surface area contributed by atoms with Crippen molar-refractivity contribution in [1.29, 1.82) is 0 Å². The van der Waals surface area contributed by atoms with Crippen molar-refractivity contribution in [3.8, 4) is 5.75 Å². The molecular formula is C17H16INO3. The Balaban J connectivity index is 2.26. The molecule has 0 aliphatic heterocycles. The number of benzene rings is 2. The first-order valence-corrected chi connectivity index (χ1v) is 7.68. The maximum absolute atomic E-state index is 11.8. The highest BCUT2D eigenvalue weighted by Crippen LogP contribution is 2.20. The number of carbonyl (C=O) groups excluding carboxylic acids is 1. The fourth-order valence-corrected chi connectivity index (χ4v) is 2.49. The molecule has 0 N–H and O–H groups in total. The van der Waals surface area contributed by atoms with Gasteiger partial charge in [0.25, 0.3) is 0 Å². The van der Waals surface area contributed by atoms with E-state index in [9.17, 15) is 4.79 Å². The fourth-order valence-electron chi connectivity index (χ4n) is 2.04. The number of rotatable bonds is 5. The first kappa shape index (κ1) is 16.5. The van der Waals surface area contributed by atoms with E-state index in [-0.39, 0.29) is 5.71 Å². The second-order valence-electron chi connectivity index (χ2n) is 4.64. The summed E-state index contributed by atoms with van der Waals surface area (Å²) in [6.07, 6.45) is 0. The highest BCUT2D eigenvalue weighted by Gasteiger charge is 2.17. The molecule has 0 saturated carbocycles. The Morgan fingerprint density at radius 1 is 1.14 bits per heavy atom. The largest absolute Gasteiger partial charge is 0.489 e. The minimum atomic E-state index is -0.460. The van der Waals surface area contributed by atoms with Gasteiger partial charge in [-0.15, -0.1) is 0 Å². The minimum Gasteiger partial charge on any atom is -0.489 e. The van der Waals surface area contributed by atoms with Gasteiger partial charge in [0, 0.05) is 5.56 Å². The predicted molar refractivity (Wildman–Crippen MR) is 94.5 cm³/mol. The molecule has 0 amide bonds. The summed E-state index contributed by atoms with van der Waals surface area (Å²) in [4.78, 5) is 11.8. The van der Waals surface area contributed by atoms with Crippen LogP contribution in [-0.2, 0) is 16.1 Å². The topological polar surface area (TPSA) is 47.9 Å². The average molecular weight is 409 g/mol. The molecule has 2 aromatic carbocycles. The van der Waals surface area contributed by atoms with Gasteiger partial charge in [0.1, 0.15) is 12.4 Å². The van der Waals surface area contributed by atoms with Crippen LogP contribution < -0.4 is 4.74 Å². The van der Waals surface area contributed by atoms with Crippen molar-refractivity contribution >= 4 is 34.5 Å². The van der Waals surface area contributed by atoms with Gasteiger partial charge in [-0.2, -0.15) is 0 Å². The zero-order chi connectivity index (χ0) is 15.9. The van der Waals surface area contributed by atoms with Gasteiger partial charge in [-0.05, 0) is 24.1 Å². The van der Waals surface area contributed by atoms with E-state index in [0.717, 1.165) is 22.4 Å². The van der Waals surface area contributed by atoms with Gasteiger partial charge in [0.15, 0.2) is 5.71 Å². The average Bonchev–Trinajstić information content (AvgIpc) is 2.55. The van der Waals surface area contributed by atoms with Crippen molar-refractivity contribution in [2.45, 2.75) is 13.5 Å². The lowest BCUT2D eigenvalue weighted by atomic mass is 10.0. The smallest absolute Gasteiger partial charge is 0.357 e. The minimum absolute atomic E-state index is 0.284. The zero-order valence-electron chi connectivity index (χ0n) is 12.4. The zero-order valence-corrected chi connectivity index (χ0v) is 14.5. The summed E-state index contributed by atoms with van der Waals surface area (Å²) < 4.78 is 14.7. The molecule has 0 atom stereocenters. The first-order chi connectivity index (χ1) is 10.7. The number of hydrogen-bond donors (Lipinski definition) is 0. The third kappa shape index (κ3) is 3.85. The second kappa shape index (κ2) is 7.93. The lowest BCUT2D eigenvalue weighted by molar-refractivity contribution is -0.132. The van der Waals surface area contributed by atoms with E-state index in [1.165, 1.54) is 7.11 Å². The van der Waals surface area contributed by atoms with Crippen molar-refractivity contribution in [2.75, 3.05) is 7.11 Å². The van der Waals surface area contributed by atoms with Crippen molar-refractivity contribution in [3.63, 3.8) is 0 Å². The van der Waals surface area contributed by atoms with Crippen LogP contribution in [0.5, 0.6) is 5.75 Å². The predicted octanol–water partition coefficient (Wildman–Crippen LogP) is 3.89. The molecule has 5 heteroatoms. The highest BCUT2D eigenvalue weighted by molar-refractivity contribution is 14.1. The quantitative estimate of drug-likeness (QED) is 0.428. The third-order valence-corrected chi connectivity index (χ3v) is 3.69. The number of carbonyl (C=O) groups is 1. The second-order valence-corrected chi connectivity index (χ2v) is 5.12. The van der Waals surface area contributed by atoms with Crippen LogP contribution in [-0.4, -0.2) is 18.8 Å². The summed E-state index contributed by atoms with van der Waals surface area (Å²) >= 11 is 1.80. The van der Waals surface area contributed by atoms with Crippen LogP contribution in [0.15, 0.2) is 51.7 Å². The number of esters is 1. The van der Waals surface area contributed by atoms with E-state index in [0.29, 0.717) is 6.61 Å². The number of nitrogens with zero attached hydrogens (tertiary/aromatic N) is 1. The molecule has 4 nitrogen and oxygen atoms in total. The fraction of sp³-hybridized carbons (Fsp3) is 0.176. The lowest BCUT2D eigenvalue weighted by Gasteiger charge is -2.12. The molecule has 0 aliphatic carbocycles. The van der Waals surface area contributed by atoms with Crippen LogP contribution in [0.2, 0.25) is 0 Å². The molecule has 0 spiro atoms. The van der Waals surface area contributed by atoms with Gasteiger partial charge in [0.2, 0.25) is 0 Å². The summed E-state index contributed by atoms with van der Waals surface area (Å²) in [5.74, 6) is 0.362. The van der Waals surface area contributed by atoms with Crippen LogP contribution in [0.25, 0.3) is 0 Å². The monoisotopic (exact) mass is 409 g/mol. The van der Waals surface area contributed by atoms with Crippen molar-refractivity contribution in [3.05, 3.63) is 65.2 Å². The van der Waals surface area contributed by atoms with Crippen molar-refractivity contribution in [1.82, 2.24) is 0 Å². The molecule has 0 heterocycles. The Morgan fingerprint density at radius 3 is 2.50 bits per heavy atom. The van der Waals surface area contributed by atoms with E-state index in [2.05, 4.69) is 3.21 Å². The molecule has 0 aliphatic rings. The van der Waals surface area contributed by atoms with E-state index < -0.39 is 5.97 Å². The van der Waals surface area contributed by atoms with Crippen LogP contribution in [0.4, 0.5) is 0 Å². The van der Waals surface area contributed by atoms with Gasteiger partial charge in [-0.3, -0.25) is 0 Å². The molecule has 0 saturated heterocycles. The Morgan fingerprint density at radius 2 is 1.82 bits per heavy atom. The number of methoxy groups -OCH3 is 1. The van der Waals surface area contributed by atoms with Gasteiger partial charge in [0.05, 0.1) is 30.0 Å². The SMILES string of the molecule is COC(=O)/C(=N\I)c1ccccc1COc1ccccc1C. The van der Waals surface area contributed by atoms with Crippen molar-refractivity contribution < 1.29 is 14.3 Å². The maximum Gasteiger partial charge on any atom is 0.357 e. The first-order valence-electron chi connectivity index (χ1n) is 6.71. The van der Waals surface area contributed by atoms with E-state index in [4.69, 9.17) is 9.47 Å². The molecule has 2 aromatic rings. The molecule has 114 valence electrons. The molecule has 0 fully saturated rings. The number of aryl methyl sites for hydroxylation is 1. The molecule has 0 radical (unpaired) electrons. The number of ether oxygens (including phenoxy) is 2. The number of halogens is 1. The number of para-hydroxylation sites is 1. The normalized spacial score (nSPS) is 11.1. The van der Waals surface area contributed by atoms with Crippen LogP contribution in [0.3, 0.4) is 0 Å². The Hall–Kier alpha value is -1.89. The van der Waals surface area contributed by atoms with Gasteiger partial charge in [-0.1, -0.05) is 42.5 Å². The number of hydrogen-bond acceptors (Lipinski definition) is 4. The third-order valence-electron chi connectivity index (χ3n) is 3.21. The molecule has 2 rings (SSSR count). The maximum atomic E-state index is 11.8. The Bertz CT molecular complexity index is 698. The van der Waals surface area contributed by atoms with Gasteiger partial charge < -0.3 is 9.47 Å². The van der Waals surface area contributed by atoms with Gasteiger partial charge >= 0.3 is 5.97 Å². The summed E-state index contributed by atoms with van der Waals surface area (Å²) in [6.45, 7) is 2.35. The van der Waals surface area contributed by atoms with Crippen LogP contribution in [0, 0.1) is 6.92 Å². The lowest BCUT2D eigenvalue weighted by Crippen LogP contribution is -2.18. The van der Waals surface area contributed by atoms with E-state index >= 15 is 0 Å². The van der Waals surface area contributed by atoms with Gasteiger partial charge in [-0.25, -0.2) is 8.00 Å². The summed E-state index contributed by atoms with van der Waals surface area (Å²) in [6, 6.07) is 15.3.